The highest BCUT2D eigenvalue weighted by Gasteiger charge is 2.34. The maximum Gasteiger partial charge on any atom is 0.243 e. The molecule has 1 aromatic heterocycles. The maximum absolute atomic E-state index is 12.7. The molecule has 0 N–H and O–H groups in total. The van der Waals surface area contributed by atoms with Crippen molar-refractivity contribution in [3.63, 3.8) is 0 Å². The first-order chi connectivity index (χ1) is 10.5. The van der Waals surface area contributed by atoms with Crippen LogP contribution in [0.5, 0.6) is 5.75 Å². The molecule has 0 amide bonds. The van der Waals surface area contributed by atoms with E-state index in [4.69, 9.17) is 20.8 Å². The summed E-state index contributed by atoms with van der Waals surface area (Å²) in [5, 5.41) is 0.283. The quantitative estimate of drug-likeness (QED) is 0.857. The topological polar surface area (TPSA) is 59.8 Å². The van der Waals surface area contributed by atoms with E-state index in [0.717, 1.165) is 12.2 Å². The second-order valence-electron chi connectivity index (χ2n) is 5.16. The van der Waals surface area contributed by atoms with Crippen molar-refractivity contribution in [3.05, 3.63) is 47.4 Å². The number of ether oxygens (including phenoxy) is 1. The molecule has 0 radical (unpaired) electrons. The van der Waals surface area contributed by atoms with Gasteiger partial charge in [0.15, 0.2) is 0 Å². The number of methoxy groups -OCH3 is 1. The minimum absolute atomic E-state index is 0.0958. The third kappa shape index (κ3) is 2.74. The van der Waals surface area contributed by atoms with Gasteiger partial charge in [0, 0.05) is 19.0 Å². The predicted octanol–water partition coefficient (Wildman–Crippen LogP) is 3.12. The Morgan fingerprint density at radius 2 is 2.18 bits per heavy atom. The predicted molar refractivity (Wildman–Crippen MR) is 82.8 cm³/mol. The molecule has 1 unspecified atom stereocenters. The molecule has 2 heterocycles. The van der Waals surface area contributed by atoms with E-state index >= 15 is 0 Å². The Kier molecular flexibility index (Phi) is 4.16. The average Bonchev–Trinajstić information content (AvgIpc) is 3.18. The third-order valence-corrected chi connectivity index (χ3v) is 6.01. The van der Waals surface area contributed by atoms with Gasteiger partial charge >= 0.3 is 0 Å². The van der Waals surface area contributed by atoms with Crippen LogP contribution in [0.2, 0.25) is 5.02 Å². The van der Waals surface area contributed by atoms with Crippen molar-refractivity contribution >= 4 is 21.6 Å². The van der Waals surface area contributed by atoms with E-state index in [2.05, 4.69) is 0 Å². The number of benzene rings is 1. The van der Waals surface area contributed by atoms with Crippen molar-refractivity contribution in [2.24, 2.45) is 0 Å². The Morgan fingerprint density at radius 1 is 1.36 bits per heavy atom. The van der Waals surface area contributed by atoms with Crippen LogP contribution in [-0.4, -0.2) is 32.9 Å². The van der Waals surface area contributed by atoms with Gasteiger partial charge in [0.25, 0.3) is 0 Å². The van der Waals surface area contributed by atoms with Crippen LogP contribution in [0.4, 0.5) is 0 Å². The molecule has 5 nitrogen and oxygen atoms in total. The minimum Gasteiger partial charge on any atom is -0.495 e. The van der Waals surface area contributed by atoms with Gasteiger partial charge < -0.3 is 9.15 Å². The molecule has 2 aromatic rings. The van der Waals surface area contributed by atoms with Crippen LogP contribution in [0.3, 0.4) is 0 Å². The van der Waals surface area contributed by atoms with Gasteiger partial charge in [-0.25, -0.2) is 8.42 Å². The summed E-state index contributed by atoms with van der Waals surface area (Å²) < 4.78 is 37.3. The molecule has 7 heteroatoms. The molecule has 0 spiro atoms. The molecule has 1 aromatic carbocycles. The maximum atomic E-state index is 12.7. The first-order valence-corrected chi connectivity index (χ1v) is 8.71. The Balaban J connectivity index is 1.83. The molecule has 0 aliphatic carbocycles. The van der Waals surface area contributed by atoms with Gasteiger partial charge in [-0.15, -0.1) is 0 Å². The van der Waals surface area contributed by atoms with Crippen LogP contribution < -0.4 is 4.74 Å². The Bertz CT molecular complexity index is 758. The lowest BCUT2D eigenvalue weighted by Crippen LogP contribution is -2.28. The smallest absolute Gasteiger partial charge is 0.243 e. The molecule has 3 rings (SSSR count). The third-order valence-electron chi connectivity index (χ3n) is 3.86. The molecule has 118 valence electrons. The van der Waals surface area contributed by atoms with Crippen LogP contribution in [0.1, 0.15) is 18.1 Å². The van der Waals surface area contributed by atoms with Crippen LogP contribution in [0, 0.1) is 0 Å². The molecular formula is C15H16ClNO4S. The zero-order valence-corrected chi connectivity index (χ0v) is 13.6. The number of nitrogens with zero attached hydrogens (tertiary/aromatic N) is 1. The summed E-state index contributed by atoms with van der Waals surface area (Å²) in [5.74, 6) is 1.37. The van der Waals surface area contributed by atoms with E-state index in [1.54, 1.807) is 12.3 Å². The summed E-state index contributed by atoms with van der Waals surface area (Å²) in [4.78, 5) is 0.179. The monoisotopic (exact) mass is 341 g/mol. The fourth-order valence-electron chi connectivity index (χ4n) is 2.66. The van der Waals surface area contributed by atoms with E-state index < -0.39 is 10.0 Å². The largest absolute Gasteiger partial charge is 0.495 e. The summed E-state index contributed by atoms with van der Waals surface area (Å²) in [6.07, 6.45) is 2.35. The number of hydrogen-bond acceptors (Lipinski definition) is 4. The molecule has 1 saturated heterocycles. The molecule has 1 fully saturated rings. The Labute approximate surface area is 134 Å². The van der Waals surface area contributed by atoms with Gasteiger partial charge in [-0.05, 0) is 36.8 Å². The van der Waals surface area contributed by atoms with Gasteiger partial charge in [0.1, 0.15) is 11.5 Å². The lowest BCUT2D eigenvalue weighted by molar-refractivity contribution is 0.414. The number of furan rings is 1. The Hall–Kier alpha value is -1.50. The first kappa shape index (κ1) is 15.4. The van der Waals surface area contributed by atoms with Gasteiger partial charge in [0.2, 0.25) is 10.0 Å². The molecule has 1 aliphatic heterocycles. The zero-order chi connectivity index (χ0) is 15.7. The molecule has 1 atom stereocenters. The fourth-order valence-corrected chi connectivity index (χ4v) is 4.51. The van der Waals surface area contributed by atoms with Crippen molar-refractivity contribution in [1.29, 1.82) is 0 Å². The summed E-state index contributed by atoms with van der Waals surface area (Å²) in [7, 11) is -2.07. The van der Waals surface area contributed by atoms with Gasteiger partial charge in [-0.2, -0.15) is 4.31 Å². The van der Waals surface area contributed by atoms with Crippen molar-refractivity contribution < 1.29 is 17.6 Å². The minimum atomic E-state index is -3.56. The van der Waals surface area contributed by atoms with Crippen molar-refractivity contribution in [2.45, 2.75) is 17.2 Å². The second kappa shape index (κ2) is 5.95. The molecule has 0 bridgehead atoms. The average molecular weight is 342 g/mol. The first-order valence-electron chi connectivity index (χ1n) is 6.89. The fraction of sp³-hybridized carbons (Fsp3) is 0.333. The van der Waals surface area contributed by atoms with Crippen LogP contribution in [0.25, 0.3) is 0 Å². The number of hydrogen-bond donors (Lipinski definition) is 0. The second-order valence-corrected chi connectivity index (χ2v) is 7.51. The van der Waals surface area contributed by atoms with Gasteiger partial charge in [-0.1, -0.05) is 11.6 Å². The SMILES string of the molecule is COc1ccc(S(=O)(=O)N2CCC(c3ccco3)C2)cc1Cl. The van der Waals surface area contributed by atoms with Crippen molar-refractivity contribution in [1.82, 2.24) is 4.31 Å². The van der Waals surface area contributed by atoms with E-state index in [-0.39, 0.29) is 15.8 Å². The highest BCUT2D eigenvalue weighted by atomic mass is 35.5. The van der Waals surface area contributed by atoms with Gasteiger partial charge in [0.05, 0.1) is 23.3 Å². The highest BCUT2D eigenvalue weighted by Crippen LogP contribution is 2.33. The lowest BCUT2D eigenvalue weighted by atomic mass is 10.1. The van der Waals surface area contributed by atoms with Crippen molar-refractivity contribution in [2.75, 3.05) is 20.2 Å². The van der Waals surface area contributed by atoms with E-state index in [1.165, 1.54) is 23.5 Å². The van der Waals surface area contributed by atoms with Crippen LogP contribution >= 0.6 is 11.6 Å². The summed E-state index contributed by atoms with van der Waals surface area (Å²) in [6.45, 7) is 0.886. The molecule has 22 heavy (non-hydrogen) atoms. The summed E-state index contributed by atoms with van der Waals surface area (Å²) in [6, 6.07) is 8.20. The molecular weight excluding hydrogens is 326 g/mol. The summed E-state index contributed by atoms with van der Waals surface area (Å²) >= 11 is 6.03. The standard InChI is InChI=1S/C15H16ClNO4S/c1-20-15-5-4-12(9-13(15)16)22(18,19)17-7-6-11(10-17)14-3-2-8-21-14/h2-5,8-9,11H,6-7,10H2,1H3. The van der Waals surface area contributed by atoms with E-state index in [9.17, 15) is 8.42 Å². The number of rotatable bonds is 4. The summed E-state index contributed by atoms with van der Waals surface area (Å²) in [5.41, 5.74) is 0. The zero-order valence-electron chi connectivity index (χ0n) is 12.0. The molecule has 1 aliphatic rings. The normalized spacial score (nSPS) is 19.5. The van der Waals surface area contributed by atoms with E-state index in [0.29, 0.717) is 18.8 Å². The number of halogens is 1. The lowest BCUT2D eigenvalue weighted by Gasteiger charge is -2.17. The highest BCUT2D eigenvalue weighted by molar-refractivity contribution is 7.89. The van der Waals surface area contributed by atoms with Crippen molar-refractivity contribution in [3.8, 4) is 5.75 Å². The van der Waals surface area contributed by atoms with Gasteiger partial charge in [-0.3, -0.25) is 0 Å². The van der Waals surface area contributed by atoms with Crippen LogP contribution in [-0.2, 0) is 10.0 Å². The molecule has 0 saturated carbocycles. The van der Waals surface area contributed by atoms with E-state index in [1.807, 2.05) is 12.1 Å². The number of sulfonamides is 1. The van der Waals surface area contributed by atoms with Crippen LogP contribution in [0.15, 0.2) is 45.9 Å². The Morgan fingerprint density at radius 3 is 2.82 bits per heavy atom.